The van der Waals surface area contributed by atoms with Crippen LogP contribution >= 0.6 is 11.8 Å². The van der Waals surface area contributed by atoms with Crippen LogP contribution in [0.15, 0.2) is 46.2 Å². The summed E-state index contributed by atoms with van der Waals surface area (Å²) in [5, 5.41) is 0. The third kappa shape index (κ3) is 2.36. The minimum absolute atomic E-state index is 0.450. The zero-order valence-corrected chi connectivity index (χ0v) is 15.5. The average molecular weight is 372 g/mol. The second-order valence-electron chi connectivity index (χ2n) is 6.80. The number of ether oxygens (including phenoxy) is 5. The zero-order chi connectivity index (χ0) is 17.7. The lowest BCUT2D eigenvalue weighted by atomic mass is 9.95. The van der Waals surface area contributed by atoms with Crippen molar-refractivity contribution in [2.24, 2.45) is 5.92 Å². The van der Waals surface area contributed by atoms with Crippen molar-refractivity contribution >= 4 is 11.8 Å². The van der Waals surface area contributed by atoms with E-state index in [-0.39, 0.29) is 0 Å². The summed E-state index contributed by atoms with van der Waals surface area (Å²) in [6, 6.07) is 12.2. The molecule has 26 heavy (non-hydrogen) atoms. The Bertz CT molecular complexity index is 854. The Balaban J connectivity index is 1.70. The van der Waals surface area contributed by atoms with Crippen molar-refractivity contribution in [2.75, 3.05) is 20.3 Å². The molecular formula is C20H20O5S. The molecule has 3 atom stereocenters. The van der Waals surface area contributed by atoms with Gasteiger partial charge in [0.2, 0.25) is 5.79 Å². The van der Waals surface area contributed by atoms with Gasteiger partial charge < -0.3 is 23.7 Å². The van der Waals surface area contributed by atoms with Gasteiger partial charge in [-0.05, 0) is 30.5 Å². The van der Waals surface area contributed by atoms with Gasteiger partial charge >= 0.3 is 6.48 Å². The topological polar surface area (TPSA) is 46.2 Å². The third-order valence-corrected chi connectivity index (χ3v) is 6.19. The molecule has 0 radical (unpaired) electrons. The van der Waals surface area contributed by atoms with Gasteiger partial charge in [0.05, 0.1) is 18.1 Å². The molecule has 1 fully saturated rings. The highest BCUT2D eigenvalue weighted by atomic mass is 32.2. The van der Waals surface area contributed by atoms with Gasteiger partial charge in [-0.1, -0.05) is 36.9 Å². The molecular weight excluding hydrogens is 352 g/mol. The lowest BCUT2D eigenvalue weighted by Crippen LogP contribution is -2.37. The molecule has 0 N–H and O–H groups in total. The highest BCUT2D eigenvalue weighted by Gasteiger charge is 2.47. The van der Waals surface area contributed by atoms with Crippen LogP contribution in [-0.4, -0.2) is 26.8 Å². The number of rotatable bonds is 1. The van der Waals surface area contributed by atoms with Gasteiger partial charge in [-0.15, -0.1) is 0 Å². The maximum atomic E-state index is 6.45. The molecule has 3 unspecified atom stereocenters. The first-order valence-electron chi connectivity index (χ1n) is 8.80. The highest BCUT2D eigenvalue weighted by Crippen LogP contribution is 2.57. The van der Waals surface area contributed by atoms with Crippen LogP contribution in [0.25, 0.3) is 0 Å². The molecule has 3 heterocycles. The van der Waals surface area contributed by atoms with Crippen molar-refractivity contribution in [1.29, 1.82) is 0 Å². The Morgan fingerprint density at radius 1 is 1.08 bits per heavy atom. The fourth-order valence-electron chi connectivity index (χ4n) is 3.61. The first-order valence-corrected chi connectivity index (χ1v) is 9.62. The monoisotopic (exact) mass is 372 g/mol. The van der Waals surface area contributed by atoms with Gasteiger partial charge in [0.15, 0.2) is 11.5 Å². The van der Waals surface area contributed by atoms with Gasteiger partial charge in [0, 0.05) is 23.1 Å². The Hall–Kier alpha value is -1.73. The minimum atomic E-state index is -0.911. The van der Waals surface area contributed by atoms with Gasteiger partial charge in [-0.3, -0.25) is 0 Å². The van der Waals surface area contributed by atoms with E-state index in [1.165, 1.54) is 0 Å². The summed E-state index contributed by atoms with van der Waals surface area (Å²) < 4.78 is 29.6. The lowest BCUT2D eigenvalue weighted by Gasteiger charge is -2.38. The maximum Gasteiger partial charge on any atom is 0.360 e. The predicted octanol–water partition coefficient (Wildman–Crippen LogP) is 4.13. The predicted molar refractivity (Wildman–Crippen MR) is 95.5 cm³/mol. The number of methoxy groups -OCH3 is 1. The highest BCUT2D eigenvalue weighted by molar-refractivity contribution is 7.99. The summed E-state index contributed by atoms with van der Waals surface area (Å²) in [6.07, 6.45) is 0.975. The van der Waals surface area contributed by atoms with Crippen molar-refractivity contribution in [3.8, 4) is 11.5 Å². The van der Waals surface area contributed by atoms with Crippen molar-refractivity contribution in [3.63, 3.8) is 0 Å². The molecule has 5 rings (SSSR count). The van der Waals surface area contributed by atoms with E-state index >= 15 is 0 Å². The molecule has 0 bridgehead atoms. The molecule has 3 aliphatic heterocycles. The van der Waals surface area contributed by atoms with Crippen LogP contribution in [0.3, 0.4) is 0 Å². The smallest absolute Gasteiger partial charge is 0.360 e. The van der Waals surface area contributed by atoms with Crippen molar-refractivity contribution < 1.29 is 23.7 Å². The van der Waals surface area contributed by atoms with E-state index in [1.54, 1.807) is 18.9 Å². The van der Waals surface area contributed by atoms with E-state index < -0.39 is 12.3 Å². The molecule has 1 saturated heterocycles. The Morgan fingerprint density at radius 3 is 2.85 bits per heavy atom. The van der Waals surface area contributed by atoms with Gasteiger partial charge in [-0.2, -0.15) is 0 Å². The summed E-state index contributed by atoms with van der Waals surface area (Å²) in [5.74, 6) is 0.912. The van der Waals surface area contributed by atoms with Crippen LogP contribution in [0.1, 0.15) is 24.5 Å². The SMILES string of the molecule is COC1Oc2ccc3c(c2O1)Sc1ccccc1C31OCCC(C)CO1. The van der Waals surface area contributed by atoms with E-state index in [2.05, 4.69) is 19.1 Å². The van der Waals surface area contributed by atoms with Crippen molar-refractivity contribution in [3.05, 3.63) is 47.5 Å². The van der Waals surface area contributed by atoms with Crippen LogP contribution in [-0.2, 0) is 20.0 Å². The Morgan fingerprint density at radius 2 is 1.96 bits per heavy atom. The summed E-state index contributed by atoms with van der Waals surface area (Å²) in [7, 11) is 1.56. The lowest BCUT2D eigenvalue weighted by molar-refractivity contribution is -0.210. The fourth-order valence-corrected chi connectivity index (χ4v) is 4.84. The first-order chi connectivity index (χ1) is 12.7. The van der Waals surface area contributed by atoms with Gasteiger partial charge in [-0.25, -0.2) is 0 Å². The number of hydrogen-bond donors (Lipinski definition) is 0. The summed E-state index contributed by atoms with van der Waals surface area (Å²) >= 11 is 1.66. The second-order valence-corrected chi connectivity index (χ2v) is 7.85. The summed E-state index contributed by atoms with van der Waals surface area (Å²) in [4.78, 5) is 2.07. The zero-order valence-electron chi connectivity index (χ0n) is 14.7. The van der Waals surface area contributed by atoms with E-state index in [4.69, 9.17) is 23.7 Å². The molecule has 2 aromatic rings. The Kier molecular flexibility index (Phi) is 3.90. The van der Waals surface area contributed by atoms with E-state index in [1.807, 2.05) is 24.3 Å². The normalized spacial score (nSPS) is 29.2. The molecule has 2 aromatic carbocycles. The minimum Gasteiger partial charge on any atom is -0.428 e. The largest absolute Gasteiger partial charge is 0.428 e. The van der Waals surface area contributed by atoms with Gasteiger partial charge in [0.25, 0.3) is 0 Å². The van der Waals surface area contributed by atoms with Crippen LogP contribution in [0.4, 0.5) is 0 Å². The van der Waals surface area contributed by atoms with E-state index in [9.17, 15) is 0 Å². The van der Waals surface area contributed by atoms with Crippen molar-refractivity contribution in [1.82, 2.24) is 0 Å². The number of hydrogen-bond acceptors (Lipinski definition) is 6. The number of fused-ring (bicyclic) bond motifs is 6. The van der Waals surface area contributed by atoms with Crippen molar-refractivity contribution in [2.45, 2.75) is 35.4 Å². The first kappa shape index (κ1) is 16.4. The van der Waals surface area contributed by atoms with Crippen LogP contribution in [0, 0.1) is 5.92 Å². The van der Waals surface area contributed by atoms with E-state index in [0.29, 0.717) is 30.6 Å². The molecule has 0 saturated carbocycles. The fraction of sp³-hybridized carbons (Fsp3) is 0.400. The third-order valence-electron chi connectivity index (χ3n) is 5.00. The van der Waals surface area contributed by atoms with Gasteiger partial charge in [0.1, 0.15) is 0 Å². The maximum absolute atomic E-state index is 6.45. The molecule has 136 valence electrons. The molecule has 6 heteroatoms. The van der Waals surface area contributed by atoms with Crippen LogP contribution in [0.5, 0.6) is 11.5 Å². The molecule has 1 spiro atoms. The second kappa shape index (κ2) is 6.16. The standard InChI is InChI=1S/C20H20O5S/c1-12-9-10-22-20(23-11-12)13-5-3-4-6-16(13)26-18-14(20)7-8-15-17(18)25-19(21-2)24-15/h3-8,12,19H,9-11H2,1-2H3. The molecule has 0 aromatic heterocycles. The number of benzene rings is 2. The summed E-state index contributed by atoms with van der Waals surface area (Å²) in [5.41, 5.74) is 2.02. The molecule has 5 nitrogen and oxygen atoms in total. The molecule has 3 aliphatic rings. The molecule has 0 aliphatic carbocycles. The Labute approximate surface area is 156 Å². The average Bonchev–Trinajstić information content (AvgIpc) is 3.01. The quantitative estimate of drug-likeness (QED) is 0.750. The van der Waals surface area contributed by atoms with Crippen LogP contribution in [0.2, 0.25) is 0 Å². The van der Waals surface area contributed by atoms with E-state index in [0.717, 1.165) is 27.3 Å². The van der Waals surface area contributed by atoms with Crippen LogP contribution < -0.4 is 9.47 Å². The summed E-state index contributed by atoms with van der Waals surface area (Å²) in [6.45, 7) is 2.76. The molecule has 0 amide bonds.